The number of nitrogens with zero attached hydrogens (tertiary/aromatic N) is 3. The summed E-state index contributed by atoms with van der Waals surface area (Å²) in [6, 6.07) is 7.04. The summed E-state index contributed by atoms with van der Waals surface area (Å²) >= 11 is 0. The molecule has 1 aromatic carbocycles. The number of amides is 2. The first-order valence-corrected chi connectivity index (χ1v) is 11.5. The van der Waals surface area contributed by atoms with Gasteiger partial charge in [-0.15, -0.1) is 0 Å². The summed E-state index contributed by atoms with van der Waals surface area (Å²) in [7, 11) is 0. The van der Waals surface area contributed by atoms with Crippen LogP contribution in [0.5, 0.6) is 11.5 Å². The molecule has 0 unspecified atom stereocenters. The first-order chi connectivity index (χ1) is 16.9. The number of carbonyl (C=O) groups excluding carboxylic acids is 3. The first-order valence-electron chi connectivity index (χ1n) is 11.5. The third-order valence-electron chi connectivity index (χ3n) is 5.86. The van der Waals surface area contributed by atoms with Gasteiger partial charge >= 0.3 is 5.97 Å². The van der Waals surface area contributed by atoms with E-state index in [2.05, 4.69) is 5.32 Å². The van der Waals surface area contributed by atoms with E-state index in [1.54, 1.807) is 43.0 Å². The molecular weight excluding hydrogens is 456 g/mol. The number of aliphatic imine (C=N–C) groups is 1. The highest BCUT2D eigenvalue weighted by Crippen LogP contribution is 2.36. The highest BCUT2D eigenvalue weighted by Gasteiger charge is 2.42. The number of aromatic hydroxyl groups is 1. The molecule has 0 spiro atoms. The molecule has 11 nitrogen and oxygen atoms in total. The summed E-state index contributed by atoms with van der Waals surface area (Å²) in [6.07, 6.45) is 1.45. The van der Waals surface area contributed by atoms with Crippen LogP contribution in [-0.2, 0) is 14.3 Å². The van der Waals surface area contributed by atoms with Crippen LogP contribution in [0.4, 0.5) is 0 Å². The number of phenols is 1. The molecule has 4 rings (SSSR count). The number of rotatable bonds is 6. The molecule has 186 valence electrons. The Bertz CT molecular complexity index is 1110. The predicted molar refractivity (Wildman–Crippen MR) is 124 cm³/mol. The minimum atomic E-state index is -1.19. The van der Waals surface area contributed by atoms with E-state index in [9.17, 15) is 19.5 Å². The monoisotopic (exact) mass is 484 g/mol. The second-order valence-corrected chi connectivity index (χ2v) is 8.03. The van der Waals surface area contributed by atoms with Crippen molar-refractivity contribution in [2.45, 2.75) is 19.9 Å². The SMILES string of the molecule is CCOC(=O)[C@@H]1C(=O)NC(N2CCN(C(=O)c3ccco3)CC2)=N[C@@H]1c1ccc(O)c(OCC)c1. The average Bonchev–Trinajstić information content (AvgIpc) is 3.40. The summed E-state index contributed by atoms with van der Waals surface area (Å²) in [5, 5.41) is 12.8. The van der Waals surface area contributed by atoms with Crippen LogP contribution < -0.4 is 10.1 Å². The van der Waals surface area contributed by atoms with E-state index < -0.39 is 23.8 Å². The molecule has 0 aliphatic carbocycles. The molecular formula is C24H28N4O7. The van der Waals surface area contributed by atoms with Gasteiger partial charge in [-0.1, -0.05) is 6.07 Å². The number of ether oxygens (including phenoxy) is 2. The van der Waals surface area contributed by atoms with Crippen LogP contribution in [0, 0.1) is 5.92 Å². The van der Waals surface area contributed by atoms with E-state index in [1.807, 2.05) is 4.90 Å². The van der Waals surface area contributed by atoms with Crippen LogP contribution in [0.3, 0.4) is 0 Å². The number of carbonyl (C=O) groups is 3. The van der Waals surface area contributed by atoms with Gasteiger partial charge in [-0.3, -0.25) is 19.7 Å². The van der Waals surface area contributed by atoms with Gasteiger partial charge < -0.3 is 28.8 Å². The Hall–Kier alpha value is -4.02. The Labute approximate surface area is 202 Å². The average molecular weight is 485 g/mol. The molecule has 2 atom stereocenters. The van der Waals surface area contributed by atoms with Gasteiger partial charge in [0.15, 0.2) is 23.2 Å². The number of benzene rings is 1. The smallest absolute Gasteiger partial charge is 0.321 e. The normalized spacial score (nSPS) is 20.2. The van der Waals surface area contributed by atoms with Crippen LogP contribution in [0.25, 0.3) is 0 Å². The minimum absolute atomic E-state index is 0.0508. The molecule has 3 heterocycles. The highest BCUT2D eigenvalue weighted by molar-refractivity contribution is 6.08. The molecule has 0 radical (unpaired) electrons. The minimum Gasteiger partial charge on any atom is -0.504 e. The Kier molecular flexibility index (Phi) is 7.23. The Morgan fingerprint density at radius 2 is 1.94 bits per heavy atom. The fourth-order valence-electron chi connectivity index (χ4n) is 4.13. The number of phenolic OH excluding ortho intramolecular Hbond substituents is 1. The van der Waals surface area contributed by atoms with Gasteiger partial charge in [-0.25, -0.2) is 4.99 Å². The number of esters is 1. The van der Waals surface area contributed by atoms with E-state index in [0.717, 1.165) is 0 Å². The van der Waals surface area contributed by atoms with Gasteiger partial charge in [0, 0.05) is 26.2 Å². The number of piperazine rings is 1. The van der Waals surface area contributed by atoms with Crippen LogP contribution in [0.2, 0.25) is 0 Å². The molecule has 2 aliphatic heterocycles. The Morgan fingerprint density at radius 1 is 1.17 bits per heavy atom. The molecule has 2 aliphatic rings. The fraction of sp³-hybridized carbons (Fsp3) is 0.417. The Morgan fingerprint density at radius 3 is 2.60 bits per heavy atom. The number of furan rings is 1. The van der Waals surface area contributed by atoms with E-state index >= 15 is 0 Å². The lowest BCUT2D eigenvalue weighted by atomic mass is 9.91. The quantitative estimate of drug-likeness (QED) is 0.466. The summed E-state index contributed by atoms with van der Waals surface area (Å²) in [4.78, 5) is 46.6. The maximum absolute atomic E-state index is 13.1. The van der Waals surface area contributed by atoms with Crippen molar-refractivity contribution in [3.05, 3.63) is 47.9 Å². The second kappa shape index (κ2) is 10.5. The standard InChI is InChI=1S/C24H28N4O7/c1-3-33-18-14-15(7-8-16(18)29)20-19(23(32)34-4-2)21(30)26-24(25-20)28-11-9-27(10-12-28)22(31)17-6-5-13-35-17/h5-8,13-14,19-20,29H,3-4,9-12H2,1-2H3,(H,25,26,30)/t19-,20+/m0/s1. The zero-order chi connectivity index (χ0) is 24.9. The van der Waals surface area contributed by atoms with Crippen LogP contribution >= 0.6 is 0 Å². The summed E-state index contributed by atoms with van der Waals surface area (Å²) < 4.78 is 15.8. The lowest BCUT2D eigenvalue weighted by Gasteiger charge is -2.38. The van der Waals surface area contributed by atoms with Crippen molar-refractivity contribution in [3.63, 3.8) is 0 Å². The van der Waals surface area contributed by atoms with E-state index in [-0.39, 0.29) is 29.8 Å². The molecule has 35 heavy (non-hydrogen) atoms. The highest BCUT2D eigenvalue weighted by atomic mass is 16.5. The van der Waals surface area contributed by atoms with Crippen LogP contribution in [-0.4, -0.2) is 78.0 Å². The van der Waals surface area contributed by atoms with E-state index in [1.165, 1.54) is 12.3 Å². The Balaban J connectivity index is 1.58. The number of hydrogen-bond donors (Lipinski definition) is 2. The van der Waals surface area contributed by atoms with Crippen molar-refractivity contribution in [3.8, 4) is 11.5 Å². The molecule has 11 heteroatoms. The maximum atomic E-state index is 13.1. The third kappa shape index (κ3) is 5.08. The van der Waals surface area contributed by atoms with Crippen LogP contribution in [0.15, 0.2) is 46.0 Å². The molecule has 1 aromatic heterocycles. The number of nitrogens with one attached hydrogen (secondary N) is 1. The van der Waals surface area contributed by atoms with Crippen molar-refractivity contribution < 1.29 is 33.4 Å². The van der Waals surface area contributed by atoms with Crippen molar-refractivity contribution >= 4 is 23.7 Å². The van der Waals surface area contributed by atoms with Crippen molar-refractivity contribution in [2.75, 3.05) is 39.4 Å². The maximum Gasteiger partial charge on any atom is 0.321 e. The lowest BCUT2D eigenvalue weighted by Crippen LogP contribution is -2.58. The summed E-state index contributed by atoms with van der Waals surface area (Å²) in [5.41, 5.74) is 0.531. The van der Waals surface area contributed by atoms with Gasteiger partial charge in [0.05, 0.1) is 19.5 Å². The number of hydrogen-bond acceptors (Lipinski definition) is 9. The fourth-order valence-corrected chi connectivity index (χ4v) is 4.13. The molecule has 2 N–H and O–H groups in total. The predicted octanol–water partition coefficient (Wildman–Crippen LogP) is 1.55. The van der Waals surface area contributed by atoms with E-state index in [4.69, 9.17) is 18.9 Å². The third-order valence-corrected chi connectivity index (χ3v) is 5.86. The van der Waals surface area contributed by atoms with E-state index in [0.29, 0.717) is 44.3 Å². The van der Waals surface area contributed by atoms with Crippen molar-refractivity contribution in [1.82, 2.24) is 15.1 Å². The largest absolute Gasteiger partial charge is 0.504 e. The molecule has 1 saturated heterocycles. The topological polar surface area (TPSA) is 134 Å². The first kappa shape index (κ1) is 24.1. The van der Waals surface area contributed by atoms with Crippen molar-refractivity contribution in [2.24, 2.45) is 10.9 Å². The lowest BCUT2D eigenvalue weighted by molar-refractivity contribution is -0.153. The van der Waals surface area contributed by atoms with Gasteiger partial charge in [-0.05, 0) is 43.7 Å². The molecule has 0 bridgehead atoms. The van der Waals surface area contributed by atoms with Gasteiger partial charge in [0.1, 0.15) is 6.04 Å². The molecule has 2 aromatic rings. The number of guanidine groups is 1. The van der Waals surface area contributed by atoms with Gasteiger partial charge in [0.2, 0.25) is 11.9 Å². The van der Waals surface area contributed by atoms with Gasteiger partial charge in [0.25, 0.3) is 5.91 Å². The van der Waals surface area contributed by atoms with Crippen molar-refractivity contribution in [1.29, 1.82) is 0 Å². The summed E-state index contributed by atoms with van der Waals surface area (Å²) in [5.74, 6) is -1.83. The zero-order valence-electron chi connectivity index (χ0n) is 19.6. The molecule has 1 fully saturated rings. The van der Waals surface area contributed by atoms with Crippen LogP contribution in [0.1, 0.15) is 36.0 Å². The second-order valence-electron chi connectivity index (χ2n) is 8.03. The molecule has 2 amide bonds. The zero-order valence-corrected chi connectivity index (χ0v) is 19.6. The summed E-state index contributed by atoms with van der Waals surface area (Å²) in [6.45, 7) is 5.59. The molecule has 0 saturated carbocycles. The van der Waals surface area contributed by atoms with Gasteiger partial charge in [-0.2, -0.15) is 0 Å².